The third kappa shape index (κ3) is 7.31. The minimum Gasteiger partial charge on any atom is -0.455 e. The predicted octanol–water partition coefficient (Wildman–Crippen LogP) is 4.34. The topological polar surface area (TPSA) is 135 Å². The first-order chi connectivity index (χ1) is 24.3. The van der Waals surface area contributed by atoms with Crippen LogP contribution in [0.5, 0.6) is 0 Å². The van der Waals surface area contributed by atoms with Crippen molar-refractivity contribution in [1.29, 1.82) is 0 Å². The summed E-state index contributed by atoms with van der Waals surface area (Å²) in [5, 5.41) is 12.3. The molecule has 3 fully saturated rings. The van der Waals surface area contributed by atoms with E-state index < -0.39 is 47.7 Å². The second kappa shape index (κ2) is 16.5. The Bertz CT molecular complexity index is 1450. The van der Waals surface area contributed by atoms with Crippen LogP contribution >= 0.6 is 15.9 Å². The molecule has 1 aromatic carbocycles. The lowest BCUT2D eigenvalue weighted by Gasteiger charge is -2.40. The van der Waals surface area contributed by atoms with E-state index in [2.05, 4.69) is 21.2 Å². The van der Waals surface area contributed by atoms with Crippen LogP contribution in [0.3, 0.4) is 0 Å². The van der Waals surface area contributed by atoms with E-state index in [0.717, 1.165) is 44.9 Å². The van der Waals surface area contributed by atoms with Gasteiger partial charge in [0.15, 0.2) is 0 Å². The number of aliphatic hydroxyl groups is 1. The molecule has 1 aromatic rings. The number of cyclic esters (lactones) is 1. The number of esters is 1. The number of hydrogen-bond acceptors (Lipinski definition) is 8. The second-order valence-corrected chi connectivity index (χ2v) is 15.1. The molecule has 0 unspecified atom stereocenters. The zero-order valence-electron chi connectivity index (χ0n) is 28.8. The molecule has 2 saturated heterocycles. The average Bonchev–Trinajstić information content (AvgIpc) is 3.71. The van der Waals surface area contributed by atoms with E-state index in [1.54, 1.807) is 4.90 Å². The smallest absolute Gasteiger partial charge is 0.313 e. The molecule has 272 valence electrons. The van der Waals surface area contributed by atoms with E-state index in [-0.39, 0.29) is 43.4 Å². The molecule has 1 aliphatic carbocycles. The fourth-order valence-corrected chi connectivity index (χ4v) is 9.37. The van der Waals surface area contributed by atoms with Crippen molar-refractivity contribution in [1.82, 2.24) is 15.1 Å². The maximum absolute atomic E-state index is 15.1. The molecule has 12 heteroatoms. The van der Waals surface area contributed by atoms with Gasteiger partial charge in [0.2, 0.25) is 17.7 Å². The first-order valence-corrected chi connectivity index (χ1v) is 19.1. The zero-order chi connectivity index (χ0) is 35.3. The number of nitrogens with one attached hydrogen (secondary N) is 1. The van der Waals surface area contributed by atoms with E-state index >= 15 is 4.79 Å². The Morgan fingerprint density at radius 3 is 2.48 bits per heavy atom. The zero-order valence-corrected chi connectivity index (χ0v) is 30.4. The van der Waals surface area contributed by atoms with Crippen LogP contribution in [0.2, 0.25) is 0 Å². The Balaban J connectivity index is 1.42. The van der Waals surface area contributed by atoms with Gasteiger partial charge < -0.3 is 34.4 Å². The first-order valence-electron chi connectivity index (χ1n) is 18.3. The number of unbranched alkanes of at least 4 members (excludes halogenated alkanes) is 3. The number of carbonyl (C=O) groups excluding carboxylic acids is 4. The summed E-state index contributed by atoms with van der Waals surface area (Å²) in [6.07, 6.45) is 12.5. The van der Waals surface area contributed by atoms with Gasteiger partial charge in [0.25, 0.3) is 0 Å². The molecule has 4 heterocycles. The van der Waals surface area contributed by atoms with E-state index in [9.17, 15) is 19.5 Å². The van der Waals surface area contributed by atoms with Gasteiger partial charge in [-0.1, -0.05) is 90.5 Å². The Morgan fingerprint density at radius 1 is 0.980 bits per heavy atom. The van der Waals surface area contributed by atoms with Crippen LogP contribution in [-0.2, 0) is 33.4 Å². The number of aliphatic hydroxyl groups excluding tert-OH is 1. The SMILES string of the molecule is COC[C@H]1NC(=O)CC/C=C\CN(C2CCCCC2)C(=O)[C@@H]2N(CCCCCCO)C(=O)[C@H]3[C@H](C(=O)O[C@@H]1c1ccccc1)[C@H]1O[C@@]23C=C1Br. The van der Waals surface area contributed by atoms with Crippen molar-refractivity contribution in [3.05, 3.63) is 58.6 Å². The number of nitrogens with zero attached hydrogens (tertiary/aromatic N) is 2. The minimum absolute atomic E-state index is 0.0106. The number of amides is 3. The number of benzene rings is 1. The van der Waals surface area contributed by atoms with Gasteiger partial charge >= 0.3 is 5.97 Å². The number of rotatable bonds is 10. The molecule has 0 radical (unpaired) electrons. The monoisotopic (exact) mass is 755 g/mol. The summed E-state index contributed by atoms with van der Waals surface area (Å²) in [5.41, 5.74) is -0.674. The van der Waals surface area contributed by atoms with Crippen molar-refractivity contribution in [3.8, 4) is 0 Å². The Hall–Kier alpha value is -3.06. The highest BCUT2D eigenvalue weighted by Gasteiger charge is 2.75. The van der Waals surface area contributed by atoms with Gasteiger partial charge in [0.1, 0.15) is 29.8 Å². The first kappa shape index (κ1) is 36.7. The Morgan fingerprint density at radius 2 is 1.74 bits per heavy atom. The molecule has 0 aromatic heterocycles. The molecular formula is C38H50BrN3O8. The summed E-state index contributed by atoms with van der Waals surface area (Å²) < 4.78 is 19.2. The summed E-state index contributed by atoms with van der Waals surface area (Å²) in [6, 6.07) is 7.57. The number of methoxy groups -OCH3 is 1. The van der Waals surface area contributed by atoms with Crippen LogP contribution < -0.4 is 5.32 Å². The lowest BCUT2D eigenvalue weighted by atomic mass is 9.74. The van der Waals surface area contributed by atoms with Gasteiger partial charge in [-0.3, -0.25) is 19.2 Å². The molecule has 3 amide bonds. The summed E-state index contributed by atoms with van der Waals surface area (Å²) in [7, 11) is 1.53. The van der Waals surface area contributed by atoms with Gasteiger partial charge in [-0.05, 0) is 43.7 Å². The number of hydrogen-bond donors (Lipinski definition) is 2. The predicted molar refractivity (Wildman–Crippen MR) is 189 cm³/mol. The van der Waals surface area contributed by atoms with Crippen LogP contribution in [0.15, 0.2) is 53.0 Å². The van der Waals surface area contributed by atoms with Crippen molar-refractivity contribution >= 4 is 39.6 Å². The van der Waals surface area contributed by atoms with Crippen molar-refractivity contribution in [2.45, 2.75) is 107 Å². The number of allylic oxidation sites excluding steroid dienone is 1. The van der Waals surface area contributed by atoms with Crippen LogP contribution in [0.25, 0.3) is 0 Å². The van der Waals surface area contributed by atoms with Gasteiger partial charge in [-0.2, -0.15) is 0 Å². The number of ether oxygens (including phenoxy) is 3. The number of carbonyl (C=O) groups is 4. The second-order valence-electron chi connectivity index (χ2n) is 14.2. The van der Waals surface area contributed by atoms with Crippen LogP contribution in [0, 0.1) is 11.8 Å². The van der Waals surface area contributed by atoms with E-state index in [1.807, 2.05) is 53.5 Å². The van der Waals surface area contributed by atoms with Crippen LogP contribution in [-0.4, -0.2) is 102 Å². The fourth-order valence-electron chi connectivity index (χ4n) is 8.63. The molecule has 6 rings (SSSR count). The van der Waals surface area contributed by atoms with E-state index in [1.165, 1.54) is 7.11 Å². The molecule has 50 heavy (non-hydrogen) atoms. The van der Waals surface area contributed by atoms with E-state index in [4.69, 9.17) is 14.2 Å². The van der Waals surface area contributed by atoms with Crippen LogP contribution in [0.1, 0.15) is 82.3 Å². The van der Waals surface area contributed by atoms with Crippen molar-refractivity contribution in [2.75, 3.05) is 33.4 Å². The molecule has 5 aliphatic rings. The average molecular weight is 757 g/mol. The summed E-state index contributed by atoms with van der Waals surface area (Å²) in [5.74, 6) is -3.28. The highest BCUT2D eigenvalue weighted by molar-refractivity contribution is 9.11. The standard InChI is InChI=1S/C38H50BrN3O8/c1-48-24-28-32(25-15-7-4-8-16-25)49-37(47)30-31-35(45)42(21-12-2-3-14-22-43)34(38(31)23-27(39)33(30)50-38)36(46)41(26-17-9-5-10-18-26)20-13-6-11-19-29(44)40-28/h4,6-8,13,15-16,23,26,28,30-34,43H,2-3,5,9-12,14,17-22,24H2,1H3,(H,40,44)/b13-6-/t28-,30+,31-,32-,33+,34+,38-/m1/s1. The quantitative estimate of drug-likeness (QED) is 0.205. The van der Waals surface area contributed by atoms with Gasteiger partial charge in [0.05, 0.1) is 18.6 Å². The summed E-state index contributed by atoms with van der Waals surface area (Å²) >= 11 is 3.66. The summed E-state index contributed by atoms with van der Waals surface area (Å²) in [6.45, 7) is 0.883. The van der Waals surface area contributed by atoms with Gasteiger partial charge in [-0.15, -0.1) is 0 Å². The highest BCUT2D eigenvalue weighted by Crippen LogP contribution is 2.59. The van der Waals surface area contributed by atoms with Gasteiger partial charge in [0, 0.05) is 43.8 Å². The maximum atomic E-state index is 15.1. The van der Waals surface area contributed by atoms with Crippen molar-refractivity contribution < 1.29 is 38.5 Å². The lowest BCUT2D eigenvalue weighted by molar-refractivity contribution is -0.162. The fraction of sp³-hybridized carbons (Fsp3) is 0.632. The molecule has 1 saturated carbocycles. The Labute approximate surface area is 302 Å². The van der Waals surface area contributed by atoms with Crippen molar-refractivity contribution in [3.63, 3.8) is 0 Å². The number of likely N-dealkylation sites (tertiary alicyclic amines) is 1. The molecule has 5 bridgehead atoms. The molecular weight excluding hydrogens is 706 g/mol. The lowest BCUT2D eigenvalue weighted by Crippen LogP contribution is -2.58. The highest BCUT2D eigenvalue weighted by atomic mass is 79.9. The third-order valence-electron chi connectivity index (χ3n) is 11.0. The molecule has 1 spiro atoms. The number of halogens is 1. The largest absolute Gasteiger partial charge is 0.455 e. The third-order valence-corrected chi connectivity index (χ3v) is 11.7. The molecule has 2 N–H and O–H groups in total. The molecule has 11 nitrogen and oxygen atoms in total. The van der Waals surface area contributed by atoms with E-state index in [0.29, 0.717) is 42.4 Å². The minimum atomic E-state index is -1.35. The van der Waals surface area contributed by atoms with Gasteiger partial charge in [-0.25, -0.2) is 0 Å². The Kier molecular flexibility index (Phi) is 12.1. The van der Waals surface area contributed by atoms with Crippen molar-refractivity contribution in [2.24, 2.45) is 11.8 Å². The van der Waals surface area contributed by atoms with Crippen LogP contribution in [0.4, 0.5) is 0 Å². The summed E-state index contributed by atoms with van der Waals surface area (Å²) in [4.78, 5) is 61.1. The molecule has 7 atom stereocenters. The number of fused-ring (bicyclic) bond motifs is 2. The molecule has 4 aliphatic heterocycles. The normalized spacial score (nSPS) is 32.9. The maximum Gasteiger partial charge on any atom is 0.313 e.